The monoisotopic (exact) mass is 372 g/mol. The van der Waals surface area contributed by atoms with E-state index in [0.717, 1.165) is 44.6 Å². The molecule has 1 N–H and O–H groups in total. The van der Waals surface area contributed by atoms with Crippen molar-refractivity contribution in [1.29, 1.82) is 0 Å². The summed E-state index contributed by atoms with van der Waals surface area (Å²) in [5.74, 6) is 0.859. The molecule has 0 aromatic heterocycles. The maximum Gasteiger partial charge on any atom is 0.263 e. The van der Waals surface area contributed by atoms with E-state index in [1.165, 1.54) is 4.90 Å². The minimum atomic E-state index is -0.448. The van der Waals surface area contributed by atoms with Crippen molar-refractivity contribution in [2.75, 3.05) is 25.9 Å². The molecule has 4 nitrogen and oxygen atoms in total. The Morgan fingerprint density at radius 2 is 1.96 bits per heavy atom. The van der Waals surface area contributed by atoms with Crippen LogP contribution in [0.3, 0.4) is 0 Å². The number of amides is 1. The first-order valence-electron chi connectivity index (χ1n) is 8.47. The van der Waals surface area contributed by atoms with Crippen molar-refractivity contribution in [2.24, 2.45) is 0 Å². The second kappa shape index (κ2) is 10.9. The standard InChI is InChI=1S/C18H28N2O2S.ClH/c1-4-13-20(15-9-11-19-12-10-15)18(21)14(2)22-16-5-7-17(23-3)8-6-16;/h5-8,14-15,19H,4,9-13H2,1-3H3;1H. The molecular weight excluding hydrogens is 344 g/mol. The van der Waals surface area contributed by atoms with Crippen LogP contribution in [-0.4, -0.2) is 48.8 Å². The Morgan fingerprint density at radius 3 is 2.50 bits per heavy atom. The number of hydrogen-bond donors (Lipinski definition) is 1. The summed E-state index contributed by atoms with van der Waals surface area (Å²) < 4.78 is 5.88. The summed E-state index contributed by atoms with van der Waals surface area (Å²) in [4.78, 5) is 16.1. The zero-order chi connectivity index (χ0) is 16.7. The number of ether oxygens (including phenoxy) is 1. The van der Waals surface area contributed by atoms with Crippen molar-refractivity contribution >= 4 is 30.1 Å². The van der Waals surface area contributed by atoms with Gasteiger partial charge in [-0.25, -0.2) is 0 Å². The van der Waals surface area contributed by atoms with Gasteiger partial charge in [-0.15, -0.1) is 24.2 Å². The number of halogens is 1. The van der Waals surface area contributed by atoms with Gasteiger partial charge in [0.2, 0.25) is 0 Å². The molecule has 1 saturated heterocycles. The van der Waals surface area contributed by atoms with Crippen molar-refractivity contribution < 1.29 is 9.53 Å². The number of rotatable bonds is 7. The van der Waals surface area contributed by atoms with Crippen LogP contribution in [0.1, 0.15) is 33.1 Å². The minimum Gasteiger partial charge on any atom is -0.481 e. The van der Waals surface area contributed by atoms with Gasteiger partial charge in [0.15, 0.2) is 6.10 Å². The zero-order valence-corrected chi connectivity index (χ0v) is 16.4. The van der Waals surface area contributed by atoms with Gasteiger partial charge >= 0.3 is 0 Å². The van der Waals surface area contributed by atoms with Crippen LogP contribution in [0.25, 0.3) is 0 Å². The molecule has 0 saturated carbocycles. The van der Waals surface area contributed by atoms with E-state index in [-0.39, 0.29) is 18.3 Å². The van der Waals surface area contributed by atoms with Crippen LogP contribution in [0.2, 0.25) is 0 Å². The van der Waals surface area contributed by atoms with Crippen molar-refractivity contribution in [3.63, 3.8) is 0 Å². The number of carbonyl (C=O) groups excluding carboxylic acids is 1. The maximum atomic E-state index is 12.8. The van der Waals surface area contributed by atoms with Crippen LogP contribution in [-0.2, 0) is 4.79 Å². The summed E-state index contributed by atoms with van der Waals surface area (Å²) >= 11 is 1.70. The zero-order valence-electron chi connectivity index (χ0n) is 14.8. The number of piperidine rings is 1. The van der Waals surface area contributed by atoms with Crippen molar-refractivity contribution in [2.45, 2.75) is 50.2 Å². The number of carbonyl (C=O) groups is 1. The van der Waals surface area contributed by atoms with Crippen molar-refractivity contribution in [3.8, 4) is 5.75 Å². The van der Waals surface area contributed by atoms with Crippen LogP contribution in [0.15, 0.2) is 29.2 Å². The first kappa shape index (κ1) is 21.1. The topological polar surface area (TPSA) is 41.6 Å². The molecule has 24 heavy (non-hydrogen) atoms. The molecule has 1 aromatic rings. The number of thioether (sulfide) groups is 1. The molecule has 1 fully saturated rings. The van der Waals surface area contributed by atoms with Crippen LogP contribution in [0.4, 0.5) is 0 Å². The molecule has 0 bridgehead atoms. The second-order valence-electron chi connectivity index (χ2n) is 5.95. The Kier molecular flexibility index (Phi) is 9.56. The Labute approximate surface area is 156 Å². The third-order valence-electron chi connectivity index (χ3n) is 4.22. The smallest absolute Gasteiger partial charge is 0.263 e. The third-order valence-corrected chi connectivity index (χ3v) is 4.96. The largest absolute Gasteiger partial charge is 0.481 e. The van der Waals surface area contributed by atoms with E-state index in [2.05, 4.69) is 12.2 Å². The van der Waals surface area contributed by atoms with Gasteiger partial charge in [-0.05, 0) is 69.8 Å². The summed E-state index contributed by atoms with van der Waals surface area (Å²) in [7, 11) is 0. The van der Waals surface area contributed by atoms with Crippen LogP contribution < -0.4 is 10.1 Å². The van der Waals surface area contributed by atoms with Gasteiger partial charge in [0.05, 0.1) is 0 Å². The average molecular weight is 373 g/mol. The molecule has 1 heterocycles. The van der Waals surface area contributed by atoms with Gasteiger partial charge in [0, 0.05) is 17.5 Å². The summed E-state index contributed by atoms with van der Waals surface area (Å²) in [5, 5.41) is 3.36. The first-order valence-corrected chi connectivity index (χ1v) is 9.70. The fourth-order valence-electron chi connectivity index (χ4n) is 2.97. The predicted molar refractivity (Wildman–Crippen MR) is 103 cm³/mol. The normalized spacial score (nSPS) is 16.1. The molecule has 136 valence electrons. The molecule has 1 amide bonds. The molecule has 1 aliphatic rings. The highest BCUT2D eigenvalue weighted by Gasteiger charge is 2.28. The molecule has 1 aliphatic heterocycles. The number of nitrogens with one attached hydrogen (secondary N) is 1. The van der Waals surface area contributed by atoms with E-state index in [0.29, 0.717) is 6.04 Å². The van der Waals surface area contributed by atoms with E-state index in [4.69, 9.17) is 4.74 Å². The number of hydrogen-bond acceptors (Lipinski definition) is 4. The average Bonchev–Trinajstić information content (AvgIpc) is 2.60. The Morgan fingerprint density at radius 1 is 1.33 bits per heavy atom. The van der Waals surface area contributed by atoms with Gasteiger partial charge in [0.25, 0.3) is 5.91 Å². The Bertz CT molecular complexity index is 492. The molecule has 0 aliphatic carbocycles. The van der Waals surface area contributed by atoms with Crippen molar-refractivity contribution in [3.05, 3.63) is 24.3 Å². The third kappa shape index (κ3) is 5.87. The van der Waals surface area contributed by atoms with E-state index >= 15 is 0 Å². The van der Waals surface area contributed by atoms with E-state index in [1.54, 1.807) is 11.8 Å². The lowest BCUT2D eigenvalue weighted by Crippen LogP contribution is -2.50. The number of nitrogens with zero attached hydrogens (tertiary/aromatic N) is 1. The fraction of sp³-hybridized carbons (Fsp3) is 0.611. The van der Waals surface area contributed by atoms with Gasteiger partial charge < -0.3 is 15.0 Å². The van der Waals surface area contributed by atoms with E-state index in [1.807, 2.05) is 42.3 Å². The lowest BCUT2D eigenvalue weighted by Gasteiger charge is -2.36. The molecule has 1 unspecified atom stereocenters. The second-order valence-corrected chi connectivity index (χ2v) is 6.83. The van der Waals surface area contributed by atoms with E-state index < -0.39 is 6.10 Å². The SMILES string of the molecule is CCCN(C(=O)C(C)Oc1ccc(SC)cc1)C1CCNCC1.Cl. The van der Waals surface area contributed by atoms with Crippen LogP contribution in [0, 0.1) is 0 Å². The Balaban J connectivity index is 0.00000288. The van der Waals surface area contributed by atoms with E-state index in [9.17, 15) is 4.79 Å². The lowest BCUT2D eigenvalue weighted by molar-refractivity contribution is -0.141. The number of benzene rings is 1. The molecule has 2 rings (SSSR count). The molecule has 0 spiro atoms. The van der Waals surface area contributed by atoms with Crippen LogP contribution >= 0.6 is 24.2 Å². The minimum absolute atomic E-state index is 0. The Hall–Kier alpha value is -0.910. The molecule has 0 radical (unpaired) electrons. The highest BCUT2D eigenvalue weighted by molar-refractivity contribution is 7.98. The highest BCUT2D eigenvalue weighted by Crippen LogP contribution is 2.21. The van der Waals surface area contributed by atoms with Gasteiger partial charge in [-0.1, -0.05) is 6.92 Å². The highest BCUT2D eigenvalue weighted by atomic mass is 35.5. The summed E-state index contributed by atoms with van der Waals surface area (Å²) in [5.41, 5.74) is 0. The maximum absolute atomic E-state index is 12.8. The molecular formula is C18H29ClN2O2S. The molecule has 1 atom stereocenters. The van der Waals surface area contributed by atoms with Gasteiger partial charge in [-0.3, -0.25) is 4.79 Å². The fourth-order valence-corrected chi connectivity index (χ4v) is 3.38. The lowest BCUT2D eigenvalue weighted by atomic mass is 10.0. The summed E-state index contributed by atoms with van der Waals surface area (Å²) in [6.07, 6.45) is 4.63. The van der Waals surface area contributed by atoms with Crippen LogP contribution in [0.5, 0.6) is 5.75 Å². The summed E-state index contributed by atoms with van der Waals surface area (Å²) in [6.45, 7) is 6.76. The van der Waals surface area contributed by atoms with Gasteiger partial charge in [-0.2, -0.15) is 0 Å². The quantitative estimate of drug-likeness (QED) is 0.742. The van der Waals surface area contributed by atoms with Crippen molar-refractivity contribution in [1.82, 2.24) is 10.2 Å². The van der Waals surface area contributed by atoms with Gasteiger partial charge in [0.1, 0.15) is 5.75 Å². The predicted octanol–water partition coefficient (Wildman–Crippen LogP) is 3.59. The summed E-state index contributed by atoms with van der Waals surface area (Å²) in [6, 6.07) is 8.25. The molecule has 6 heteroatoms. The first-order chi connectivity index (χ1) is 11.2. The molecule has 1 aromatic carbocycles.